The molecular weight excluding hydrogens is 262 g/mol. The highest BCUT2D eigenvalue weighted by Crippen LogP contribution is 2.42. The number of aryl methyl sites for hydroxylation is 1. The molecule has 0 bridgehead atoms. The van der Waals surface area contributed by atoms with Gasteiger partial charge in [-0.05, 0) is 57.8 Å². The second-order valence-electron chi connectivity index (χ2n) is 6.53. The molecule has 0 aliphatic heterocycles. The van der Waals surface area contributed by atoms with Crippen molar-refractivity contribution in [1.82, 2.24) is 9.97 Å². The van der Waals surface area contributed by atoms with Gasteiger partial charge in [-0.25, -0.2) is 9.97 Å². The topological polar surface area (TPSA) is 47.0 Å². The molecule has 2 aliphatic carbocycles. The van der Waals surface area contributed by atoms with Crippen LogP contribution in [0.25, 0.3) is 0 Å². The van der Waals surface area contributed by atoms with Crippen molar-refractivity contribution in [2.45, 2.75) is 64.4 Å². The smallest absolute Gasteiger partial charge is 0.162 e. The molecule has 2 aliphatic rings. The number of fused-ring (bicyclic) bond motifs is 1. The summed E-state index contributed by atoms with van der Waals surface area (Å²) in [6.07, 6.45) is 7.88. The highest BCUT2D eigenvalue weighted by molar-refractivity contribution is 5.48. The molecule has 0 atom stereocenters. The Kier molecular flexibility index (Phi) is 4.16. The molecule has 0 spiro atoms. The first-order chi connectivity index (χ1) is 10.2. The summed E-state index contributed by atoms with van der Waals surface area (Å²) < 4.78 is 6.21. The zero-order valence-electron chi connectivity index (χ0n) is 13.5. The van der Waals surface area contributed by atoms with E-state index in [0.29, 0.717) is 0 Å². The van der Waals surface area contributed by atoms with Crippen LogP contribution in [0.2, 0.25) is 0 Å². The molecule has 0 unspecified atom stereocenters. The van der Waals surface area contributed by atoms with Crippen LogP contribution in [-0.4, -0.2) is 23.6 Å². The third-order valence-electron chi connectivity index (χ3n) is 5.08. The van der Waals surface area contributed by atoms with Gasteiger partial charge in [0.25, 0.3) is 0 Å². The van der Waals surface area contributed by atoms with Gasteiger partial charge in [0.2, 0.25) is 0 Å². The Bertz CT molecular complexity index is 507. The van der Waals surface area contributed by atoms with Gasteiger partial charge in [-0.15, -0.1) is 0 Å². The van der Waals surface area contributed by atoms with E-state index in [1.807, 2.05) is 7.05 Å². The minimum atomic E-state index is -0.259. The Morgan fingerprint density at radius 2 is 2.00 bits per heavy atom. The van der Waals surface area contributed by atoms with Crippen molar-refractivity contribution in [3.05, 3.63) is 17.1 Å². The van der Waals surface area contributed by atoms with E-state index in [1.165, 1.54) is 30.5 Å². The second-order valence-corrected chi connectivity index (χ2v) is 6.53. The Morgan fingerprint density at radius 1 is 1.24 bits per heavy atom. The average Bonchev–Trinajstić information content (AvgIpc) is 2.97. The first-order valence-corrected chi connectivity index (χ1v) is 8.40. The van der Waals surface area contributed by atoms with E-state index in [1.54, 1.807) is 0 Å². The van der Waals surface area contributed by atoms with Crippen molar-refractivity contribution in [3.8, 4) is 0 Å². The Balaban J connectivity index is 2.00. The number of ether oxygens (including phenoxy) is 1. The quantitative estimate of drug-likeness (QED) is 0.922. The first kappa shape index (κ1) is 14.8. The Labute approximate surface area is 127 Å². The maximum absolute atomic E-state index is 6.21. The third kappa shape index (κ3) is 2.66. The van der Waals surface area contributed by atoms with E-state index in [2.05, 4.69) is 19.2 Å². The monoisotopic (exact) mass is 289 g/mol. The molecule has 0 radical (unpaired) electrons. The molecule has 116 valence electrons. The molecule has 1 saturated carbocycles. The van der Waals surface area contributed by atoms with Crippen LogP contribution in [-0.2, 0) is 23.2 Å². The molecule has 21 heavy (non-hydrogen) atoms. The van der Waals surface area contributed by atoms with Gasteiger partial charge in [0.1, 0.15) is 11.4 Å². The minimum absolute atomic E-state index is 0.259. The molecule has 1 heterocycles. The van der Waals surface area contributed by atoms with Crippen LogP contribution < -0.4 is 5.32 Å². The van der Waals surface area contributed by atoms with Gasteiger partial charge in [0.15, 0.2) is 5.82 Å². The summed E-state index contributed by atoms with van der Waals surface area (Å²) in [5.41, 5.74) is 2.30. The predicted molar refractivity (Wildman–Crippen MR) is 84.5 cm³/mol. The van der Waals surface area contributed by atoms with Crippen molar-refractivity contribution >= 4 is 5.82 Å². The molecule has 1 aromatic heterocycles. The van der Waals surface area contributed by atoms with Gasteiger partial charge < -0.3 is 10.1 Å². The molecule has 0 amide bonds. The summed E-state index contributed by atoms with van der Waals surface area (Å²) in [6.45, 7) is 5.13. The van der Waals surface area contributed by atoms with E-state index in [4.69, 9.17) is 14.7 Å². The van der Waals surface area contributed by atoms with E-state index in [-0.39, 0.29) is 5.60 Å². The van der Waals surface area contributed by atoms with E-state index in [9.17, 15) is 0 Å². The third-order valence-corrected chi connectivity index (χ3v) is 5.08. The number of nitrogens with zero attached hydrogens (tertiary/aromatic N) is 2. The molecular formula is C17H27N3O. The lowest BCUT2D eigenvalue weighted by Gasteiger charge is -2.38. The standard InChI is InChI=1S/C17H27N3O/c1-4-21-17(10-8-12(2)9-11-17)16-19-14-7-5-6-13(14)15(18-3)20-16/h12H,4-11H2,1-3H3,(H,18,19,20). The lowest BCUT2D eigenvalue weighted by molar-refractivity contribution is -0.0837. The van der Waals surface area contributed by atoms with Crippen molar-refractivity contribution in [3.63, 3.8) is 0 Å². The molecule has 1 fully saturated rings. The molecule has 4 heteroatoms. The van der Waals surface area contributed by atoms with E-state index in [0.717, 1.165) is 49.9 Å². The van der Waals surface area contributed by atoms with Crippen molar-refractivity contribution in [2.75, 3.05) is 19.0 Å². The SMILES string of the molecule is CCOC1(c2nc3c(c(NC)n2)CCC3)CCC(C)CC1. The van der Waals surface area contributed by atoms with Gasteiger partial charge in [-0.2, -0.15) is 0 Å². The summed E-state index contributed by atoms with van der Waals surface area (Å²) in [6, 6.07) is 0. The Morgan fingerprint density at radius 3 is 2.67 bits per heavy atom. The Hall–Kier alpha value is -1.16. The maximum Gasteiger partial charge on any atom is 0.162 e. The van der Waals surface area contributed by atoms with Crippen LogP contribution in [0.1, 0.15) is 63.0 Å². The van der Waals surface area contributed by atoms with Crippen LogP contribution in [0.5, 0.6) is 0 Å². The molecule has 1 N–H and O–H groups in total. The summed E-state index contributed by atoms with van der Waals surface area (Å²) in [5, 5.41) is 3.27. The first-order valence-electron chi connectivity index (χ1n) is 8.40. The van der Waals surface area contributed by atoms with Gasteiger partial charge >= 0.3 is 0 Å². The second kappa shape index (κ2) is 5.91. The lowest BCUT2D eigenvalue weighted by atomic mass is 9.78. The largest absolute Gasteiger partial charge is 0.373 e. The summed E-state index contributed by atoms with van der Waals surface area (Å²) >= 11 is 0. The van der Waals surface area contributed by atoms with Gasteiger partial charge in [-0.3, -0.25) is 0 Å². The van der Waals surface area contributed by atoms with Crippen molar-refractivity contribution in [1.29, 1.82) is 0 Å². The molecule has 0 aromatic carbocycles. The molecule has 4 nitrogen and oxygen atoms in total. The van der Waals surface area contributed by atoms with Crippen LogP contribution >= 0.6 is 0 Å². The minimum Gasteiger partial charge on any atom is -0.373 e. The van der Waals surface area contributed by atoms with E-state index < -0.39 is 0 Å². The van der Waals surface area contributed by atoms with Gasteiger partial charge in [0, 0.05) is 24.9 Å². The summed E-state index contributed by atoms with van der Waals surface area (Å²) in [7, 11) is 1.96. The summed E-state index contributed by atoms with van der Waals surface area (Å²) in [5.74, 6) is 2.73. The molecule has 3 rings (SSSR count). The highest BCUT2D eigenvalue weighted by atomic mass is 16.5. The summed E-state index contributed by atoms with van der Waals surface area (Å²) in [4.78, 5) is 9.78. The number of nitrogens with one attached hydrogen (secondary N) is 1. The zero-order chi connectivity index (χ0) is 14.9. The van der Waals surface area contributed by atoms with Crippen LogP contribution in [0.15, 0.2) is 0 Å². The normalized spacial score (nSPS) is 28.4. The number of hydrogen-bond donors (Lipinski definition) is 1. The average molecular weight is 289 g/mol. The van der Waals surface area contributed by atoms with Crippen LogP contribution in [0.3, 0.4) is 0 Å². The molecule has 0 saturated heterocycles. The fourth-order valence-corrected chi connectivity index (χ4v) is 3.78. The van der Waals surface area contributed by atoms with Crippen molar-refractivity contribution < 1.29 is 4.74 Å². The number of hydrogen-bond acceptors (Lipinski definition) is 4. The fraction of sp³-hybridized carbons (Fsp3) is 0.765. The van der Waals surface area contributed by atoms with Crippen LogP contribution in [0, 0.1) is 5.92 Å². The lowest BCUT2D eigenvalue weighted by Crippen LogP contribution is -2.36. The number of anilines is 1. The van der Waals surface area contributed by atoms with Gasteiger partial charge in [0.05, 0.1) is 0 Å². The number of aromatic nitrogens is 2. The zero-order valence-corrected chi connectivity index (χ0v) is 13.5. The predicted octanol–water partition coefficient (Wildman–Crippen LogP) is 3.45. The van der Waals surface area contributed by atoms with E-state index >= 15 is 0 Å². The molecule has 1 aromatic rings. The van der Waals surface area contributed by atoms with Crippen LogP contribution in [0.4, 0.5) is 5.82 Å². The maximum atomic E-state index is 6.21. The van der Waals surface area contributed by atoms with Crippen molar-refractivity contribution in [2.24, 2.45) is 5.92 Å². The van der Waals surface area contributed by atoms with Gasteiger partial charge in [-0.1, -0.05) is 6.92 Å². The fourth-order valence-electron chi connectivity index (χ4n) is 3.78. The highest BCUT2D eigenvalue weighted by Gasteiger charge is 2.40. The number of rotatable bonds is 4.